The standard InChI is InChI=1S/C16H23NO3/c1-12-15(13-5-4-6-14(11-13)18-3)17(2)8-7-16(12)19-9-10-20-16/h4-6,11-12,15H,7-10H2,1-3H3/t12-,15?/m0/s1. The van der Waals surface area contributed by atoms with E-state index >= 15 is 0 Å². The van der Waals surface area contributed by atoms with Crippen LogP contribution in [0.4, 0.5) is 0 Å². The molecule has 0 saturated carbocycles. The number of piperidine rings is 1. The van der Waals surface area contributed by atoms with Crippen LogP contribution in [0, 0.1) is 5.92 Å². The van der Waals surface area contributed by atoms with Crippen LogP contribution >= 0.6 is 0 Å². The van der Waals surface area contributed by atoms with Gasteiger partial charge in [0.25, 0.3) is 0 Å². The molecule has 0 radical (unpaired) electrons. The number of nitrogens with zero attached hydrogens (tertiary/aromatic N) is 1. The van der Waals surface area contributed by atoms with Crippen LogP contribution in [0.25, 0.3) is 0 Å². The van der Waals surface area contributed by atoms with Gasteiger partial charge >= 0.3 is 0 Å². The first-order valence-corrected chi connectivity index (χ1v) is 7.28. The molecule has 20 heavy (non-hydrogen) atoms. The Labute approximate surface area is 120 Å². The SMILES string of the molecule is COc1cccc(C2[C@H](C)C3(CCN2C)OCCO3)c1. The molecule has 4 heteroatoms. The van der Waals surface area contributed by atoms with Gasteiger partial charge in [-0.05, 0) is 24.7 Å². The second-order valence-corrected chi connectivity index (χ2v) is 5.75. The monoisotopic (exact) mass is 277 g/mol. The van der Waals surface area contributed by atoms with Crippen molar-refractivity contribution in [1.82, 2.24) is 4.90 Å². The predicted octanol–water partition coefficient (Wildman–Crippen LogP) is 2.45. The molecule has 1 unspecified atom stereocenters. The first kappa shape index (κ1) is 13.9. The van der Waals surface area contributed by atoms with Gasteiger partial charge in [-0.1, -0.05) is 19.1 Å². The van der Waals surface area contributed by atoms with Crippen molar-refractivity contribution in [2.24, 2.45) is 5.92 Å². The molecule has 0 N–H and O–H groups in total. The minimum absolute atomic E-state index is 0.288. The largest absolute Gasteiger partial charge is 0.497 e. The number of hydrogen-bond donors (Lipinski definition) is 0. The molecule has 1 aromatic rings. The highest BCUT2D eigenvalue weighted by molar-refractivity contribution is 5.31. The van der Waals surface area contributed by atoms with Crippen LogP contribution in [0.2, 0.25) is 0 Å². The lowest BCUT2D eigenvalue weighted by Gasteiger charge is -2.47. The minimum Gasteiger partial charge on any atom is -0.497 e. The molecule has 2 atom stereocenters. The van der Waals surface area contributed by atoms with Gasteiger partial charge in [0.1, 0.15) is 5.75 Å². The van der Waals surface area contributed by atoms with Gasteiger partial charge < -0.3 is 14.2 Å². The molecule has 110 valence electrons. The number of likely N-dealkylation sites (tertiary alicyclic amines) is 1. The van der Waals surface area contributed by atoms with Crippen LogP contribution in [0.1, 0.15) is 24.9 Å². The van der Waals surface area contributed by atoms with Crippen LogP contribution in [-0.4, -0.2) is 44.6 Å². The molecule has 0 aromatic heterocycles. The van der Waals surface area contributed by atoms with E-state index in [0.717, 1.165) is 18.7 Å². The van der Waals surface area contributed by atoms with Gasteiger partial charge in [0, 0.05) is 24.9 Å². The molecule has 0 bridgehead atoms. The fourth-order valence-electron chi connectivity index (χ4n) is 3.57. The lowest BCUT2D eigenvalue weighted by atomic mass is 9.81. The van der Waals surface area contributed by atoms with Crippen molar-refractivity contribution in [3.63, 3.8) is 0 Å². The molecule has 1 aromatic carbocycles. The summed E-state index contributed by atoms with van der Waals surface area (Å²) in [4.78, 5) is 2.38. The Bertz CT molecular complexity index is 471. The third-order valence-corrected chi connectivity index (χ3v) is 4.67. The van der Waals surface area contributed by atoms with Gasteiger partial charge in [-0.25, -0.2) is 0 Å². The van der Waals surface area contributed by atoms with Crippen LogP contribution in [0.5, 0.6) is 5.75 Å². The molecule has 0 aliphatic carbocycles. The van der Waals surface area contributed by atoms with Crippen molar-refractivity contribution in [1.29, 1.82) is 0 Å². The molecule has 2 heterocycles. The Kier molecular flexibility index (Phi) is 3.71. The summed E-state index contributed by atoms with van der Waals surface area (Å²) in [5.74, 6) is 0.784. The summed E-state index contributed by atoms with van der Waals surface area (Å²) in [6.45, 7) is 4.62. The first-order valence-electron chi connectivity index (χ1n) is 7.28. The molecule has 3 rings (SSSR count). The van der Waals surface area contributed by atoms with Crippen LogP contribution in [0.15, 0.2) is 24.3 Å². The van der Waals surface area contributed by atoms with Gasteiger partial charge in [0.2, 0.25) is 0 Å². The van der Waals surface area contributed by atoms with Crippen LogP contribution in [-0.2, 0) is 9.47 Å². The fraction of sp³-hybridized carbons (Fsp3) is 0.625. The molecule has 1 spiro atoms. The Balaban J connectivity index is 1.92. The van der Waals surface area contributed by atoms with Gasteiger partial charge in [-0.15, -0.1) is 0 Å². The Hall–Kier alpha value is -1.10. The van der Waals surface area contributed by atoms with Crippen molar-refractivity contribution < 1.29 is 14.2 Å². The normalized spacial score (nSPS) is 29.8. The Morgan fingerprint density at radius 3 is 2.75 bits per heavy atom. The van der Waals surface area contributed by atoms with E-state index < -0.39 is 5.79 Å². The lowest BCUT2D eigenvalue weighted by Crippen LogP contribution is -2.52. The molecule has 2 aliphatic heterocycles. The number of methoxy groups -OCH3 is 1. The zero-order valence-corrected chi connectivity index (χ0v) is 12.5. The summed E-state index contributed by atoms with van der Waals surface area (Å²) in [6, 6.07) is 8.60. The molecule has 2 saturated heterocycles. The maximum atomic E-state index is 5.97. The average Bonchev–Trinajstić information content (AvgIpc) is 2.94. The third kappa shape index (κ3) is 2.22. The van der Waals surface area contributed by atoms with Crippen molar-refractivity contribution in [2.75, 3.05) is 33.9 Å². The van der Waals surface area contributed by atoms with Gasteiger partial charge in [0.05, 0.1) is 20.3 Å². The highest BCUT2D eigenvalue weighted by Crippen LogP contribution is 2.45. The maximum absolute atomic E-state index is 5.97. The van der Waals surface area contributed by atoms with E-state index in [4.69, 9.17) is 14.2 Å². The maximum Gasteiger partial charge on any atom is 0.174 e. The summed E-state index contributed by atoms with van der Waals surface area (Å²) < 4.78 is 17.3. The smallest absolute Gasteiger partial charge is 0.174 e. The van der Waals surface area contributed by atoms with Gasteiger partial charge in [-0.2, -0.15) is 0 Å². The topological polar surface area (TPSA) is 30.9 Å². The molecular weight excluding hydrogens is 254 g/mol. The summed E-state index contributed by atoms with van der Waals surface area (Å²) in [7, 11) is 3.88. The Morgan fingerprint density at radius 1 is 1.30 bits per heavy atom. The average molecular weight is 277 g/mol. The van der Waals surface area contributed by atoms with Crippen molar-refractivity contribution in [2.45, 2.75) is 25.2 Å². The van der Waals surface area contributed by atoms with Crippen molar-refractivity contribution in [3.8, 4) is 5.75 Å². The number of benzene rings is 1. The molecule has 2 aliphatic rings. The van der Waals surface area contributed by atoms with Gasteiger partial charge in [-0.3, -0.25) is 4.90 Å². The number of rotatable bonds is 2. The third-order valence-electron chi connectivity index (χ3n) is 4.67. The number of hydrogen-bond acceptors (Lipinski definition) is 4. The highest BCUT2D eigenvalue weighted by atomic mass is 16.7. The molecular formula is C16H23NO3. The summed E-state index contributed by atoms with van der Waals surface area (Å²) in [5, 5.41) is 0. The zero-order chi connectivity index (χ0) is 14.2. The van der Waals surface area contributed by atoms with Crippen molar-refractivity contribution >= 4 is 0 Å². The minimum atomic E-state index is -0.403. The van der Waals surface area contributed by atoms with E-state index in [0.29, 0.717) is 13.2 Å². The summed E-state index contributed by atoms with van der Waals surface area (Å²) >= 11 is 0. The van der Waals surface area contributed by atoms with Crippen LogP contribution < -0.4 is 4.74 Å². The van der Waals surface area contributed by atoms with E-state index in [1.54, 1.807) is 7.11 Å². The molecule has 2 fully saturated rings. The Morgan fingerprint density at radius 2 is 2.05 bits per heavy atom. The van der Waals surface area contributed by atoms with E-state index in [1.807, 2.05) is 12.1 Å². The first-order chi connectivity index (χ1) is 9.66. The lowest BCUT2D eigenvalue weighted by molar-refractivity contribution is -0.229. The fourth-order valence-corrected chi connectivity index (χ4v) is 3.57. The van der Waals surface area contributed by atoms with Crippen LogP contribution in [0.3, 0.4) is 0 Å². The zero-order valence-electron chi connectivity index (χ0n) is 12.5. The van der Waals surface area contributed by atoms with Crippen molar-refractivity contribution in [3.05, 3.63) is 29.8 Å². The van der Waals surface area contributed by atoms with E-state index in [9.17, 15) is 0 Å². The summed E-state index contributed by atoms with van der Waals surface area (Å²) in [5.41, 5.74) is 1.26. The quantitative estimate of drug-likeness (QED) is 0.831. The molecule has 0 amide bonds. The highest BCUT2D eigenvalue weighted by Gasteiger charge is 2.49. The van der Waals surface area contributed by atoms with E-state index in [1.165, 1.54) is 5.56 Å². The predicted molar refractivity (Wildman–Crippen MR) is 76.8 cm³/mol. The molecule has 4 nitrogen and oxygen atoms in total. The van der Waals surface area contributed by atoms with Gasteiger partial charge in [0.15, 0.2) is 5.79 Å². The second kappa shape index (κ2) is 5.35. The number of ether oxygens (including phenoxy) is 3. The second-order valence-electron chi connectivity index (χ2n) is 5.75. The van der Waals surface area contributed by atoms with E-state index in [-0.39, 0.29) is 12.0 Å². The van der Waals surface area contributed by atoms with E-state index in [2.05, 4.69) is 31.0 Å². The summed E-state index contributed by atoms with van der Waals surface area (Å²) in [6.07, 6.45) is 0.936.